The van der Waals surface area contributed by atoms with E-state index in [1.165, 1.54) is 0 Å². The third-order valence-corrected chi connectivity index (χ3v) is 9.78. The number of Topliss-reactive ketones (excluding diaryl/α,β-unsaturated/α-hetero) is 2. The molecule has 8 atom stereocenters. The van der Waals surface area contributed by atoms with Crippen molar-refractivity contribution in [1.29, 1.82) is 0 Å². The highest BCUT2D eigenvalue weighted by Gasteiger charge is 2.67. The van der Waals surface area contributed by atoms with Gasteiger partial charge in [0.15, 0.2) is 5.78 Å². The Kier molecular flexibility index (Phi) is 4.21. The average molecular weight is 363 g/mol. The Bertz CT molecular complexity index is 630. The van der Waals surface area contributed by atoms with Crippen molar-refractivity contribution in [2.24, 2.45) is 39.9 Å². The number of ketones is 2. The maximum atomic E-state index is 12.6. The molecule has 146 valence electrons. The Labute approximate surface area is 156 Å². The predicted octanol–water partition coefficient (Wildman–Crippen LogP) is 3.14. The maximum Gasteiger partial charge on any atom is 0.164 e. The van der Waals surface area contributed by atoms with Crippen molar-refractivity contribution in [2.45, 2.75) is 78.2 Å². The molecule has 0 aromatic carbocycles. The number of carbonyl (C=O) groups is 2. The van der Waals surface area contributed by atoms with Gasteiger partial charge in [-0.05, 0) is 73.0 Å². The van der Waals surface area contributed by atoms with Crippen molar-refractivity contribution in [3.63, 3.8) is 0 Å². The molecule has 4 saturated carbocycles. The van der Waals surface area contributed by atoms with Crippen LogP contribution in [0.15, 0.2) is 0 Å². The highest BCUT2D eigenvalue weighted by molar-refractivity contribution is 5.86. The molecule has 0 spiro atoms. The van der Waals surface area contributed by atoms with Crippen LogP contribution in [0.4, 0.5) is 0 Å². The second-order valence-electron chi connectivity index (χ2n) is 10.5. The van der Waals surface area contributed by atoms with Gasteiger partial charge in [0.25, 0.3) is 0 Å². The summed E-state index contributed by atoms with van der Waals surface area (Å²) in [6.07, 6.45) is 6.48. The number of fused-ring (bicyclic) bond motifs is 5. The zero-order valence-corrected chi connectivity index (χ0v) is 16.5. The summed E-state index contributed by atoms with van der Waals surface area (Å²) in [5, 5.41) is 20.9. The van der Waals surface area contributed by atoms with Crippen LogP contribution < -0.4 is 0 Å². The average Bonchev–Trinajstić information content (AvgIpc) is 2.86. The van der Waals surface area contributed by atoms with Gasteiger partial charge in [0.2, 0.25) is 0 Å². The standard InChI is InChI=1S/C22H34O4/c1-20-8-6-14(24)10-13(20)4-5-15-16-7-9-21(2,18(26)12-23)22(16,3)11-17(25)19(15)20/h13,15-17,19,23,25H,4-12H2,1-3H3/t13-,15+,16+,17+,19-,20+,21-,22+/m1/s1. The summed E-state index contributed by atoms with van der Waals surface area (Å²) in [6, 6.07) is 0. The highest BCUT2D eigenvalue weighted by Crippen LogP contribution is 2.70. The molecule has 26 heavy (non-hydrogen) atoms. The summed E-state index contributed by atoms with van der Waals surface area (Å²) in [7, 11) is 0. The predicted molar refractivity (Wildman–Crippen MR) is 98.3 cm³/mol. The molecule has 0 aliphatic heterocycles. The molecule has 2 N–H and O–H groups in total. The van der Waals surface area contributed by atoms with Gasteiger partial charge < -0.3 is 10.2 Å². The summed E-state index contributed by atoms with van der Waals surface area (Å²) >= 11 is 0. The monoisotopic (exact) mass is 362 g/mol. The topological polar surface area (TPSA) is 74.6 Å². The van der Waals surface area contributed by atoms with Crippen LogP contribution in [-0.2, 0) is 9.59 Å². The minimum absolute atomic E-state index is 0.0531. The van der Waals surface area contributed by atoms with Gasteiger partial charge >= 0.3 is 0 Å². The summed E-state index contributed by atoms with van der Waals surface area (Å²) in [6.45, 7) is 6.13. The van der Waals surface area contributed by atoms with E-state index in [1.807, 2.05) is 6.92 Å². The van der Waals surface area contributed by atoms with Gasteiger partial charge in [0.05, 0.1) is 6.10 Å². The van der Waals surface area contributed by atoms with E-state index in [4.69, 9.17) is 0 Å². The van der Waals surface area contributed by atoms with Crippen LogP contribution in [0.3, 0.4) is 0 Å². The SMILES string of the molecule is C[C@]12CCC(=O)C[C@H]1CC[C@@H]1[C@@H]2[C@@H](O)C[C@@]2(C)[C@H]1CC[C@]2(C)C(=O)CO. The summed E-state index contributed by atoms with van der Waals surface area (Å²) in [4.78, 5) is 24.6. The number of rotatable bonds is 2. The van der Waals surface area contributed by atoms with Crippen LogP contribution in [0.25, 0.3) is 0 Å². The van der Waals surface area contributed by atoms with Gasteiger partial charge in [-0.3, -0.25) is 9.59 Å². The fraction of sp³-hybridized carbons (Fsp3) is 0.909. The fourth-order valence-electron chi connectivity index (χ4n) is 8.05. The quantitative estimate of drug-likeness (QED) is 0.791. The largest absolute Gasteiger partial charge is 0.393 e. The third-order valence-electron chi connectivity index (χ3n) is 9.78. The van der Waals surface area contributed by atoms with Gasteiger partial charge in [0, 0.05) is 18.3 Å². The van der Waals surface area contributed by atoms with E-state index < -0.39 is 18.1 Å². The first-order valence-corrected chi connectivity index (χ1v) is 10.5. The molecule has 4 heteroatoms. The van der Waals surface area contributed by atoms with Crippen molar-refractivity contribution in [3.05, 3.63) is 0 Å². The molecule has 4 fully saturated rings. The lowest BCUT2D eigenvalue weighted by Gasteiger charge is -2.62. The lowest BCUT2D eigenvalue weighted by Crippen LogP contribution is -2.60. The zero-order valence-electron chi connectivity index (χ0n) is 16.5. The number of aliphatic hydroxyl groups is 2. The Morgan fingerprint density at radius 3 is 2.58 bits per heavy atom. The number of hydrogen-bond acceptors (Lipinski definition) is 4. The van der Waals surface area contributed by atoms with Crippen LogP contribution in [0.1, 0.15) is 72.1 Å². The van der Waals surface area contributed by atoms with Crippen molar-refractivity contribution in [1.82, 2.24) is 0 Å². The number of aliphatic hydroxyl groups excluding tert-OH is 2. The van der Waals surface area contributed by atoms with Crippen molar-refractivity contribution in [3.8, 4) is 0 Å². The van der Waals surface area contributed by atoms with Crippen LogP contribution in [-0.4, -0.2) is 34.5 Å². The minimum Gasteiger partial charge on any atom is -0.393 e. The molecular weight excluding hydrogens is 328 g/mol. The van der Waals surface area contributed by atoms with E-state index in [1.54, 1.807) is 0 Å². The van der Waals surface area contributed by atoms with E-state index in [0.29, 0.717) is 42.8 Å². The highest BCUT2D eigenvalue weighted by atomic mass is 16.3. The van der Waals surface area contributed by atoms with Crippen molar-refractivity contribution in [2.75, 3.05) is 6.61 Å². The Morgan fingerprint density at radius 2 is 1.88 bits per heavy atom. The first kappa shape index (κ1) is 18.6. The minimum atomic E-state index is -0.529. The van der Waals surface area contributed by atoms with E-state index in [-0.39, 0.29) is 22.5 Å². The molecule has 0 unspecified atom stereocenters. The zero-order chi connectivity index (χ0) is 18.9. The summed E-state index contributed by atoms with van der Waals surface area (Å²) < 4.78 is 0. The molecule has 0 amide bonds. The Balaban J connectivity index is 1.70. The summed E-state index contributed by atoms with van der Waals surface area (Å²) in [5.74, 6) is 1.87. The van der Waals surface area contributed by atoms with Crippen LogP contribution in [0.2, 0.25) is 0 Å². The van der Waals surface area contributed by atoms with Gasteiger partial charge in [-0.15, -0.1) is 0 Å². The smallest absolute Gasteiger partial charge is 0.164 e. The normalized spacial score (nSPS) is 53.6. The molecular formula is C22H34O4. The number of hydrogen-bond donors (Lipinski definition) is 2. The van der Waals surface area contributed by atoms with Crippen LogP contribution in [0, 0.1) is 39.9 Å². The molecule has 0 aromatic heterocycles. The molecule has 0 heterocycles. The van der Waals surface area contributed by atoms with E-state index in [0.717, 1.165) is 32.1 Å². The maximum absolute atomic E-state index is 12.6. The number of carbonyl (C=O) groups excluding carboxylic acids is 2. The molecule has 0 saturated heterocycles. The van der Waals surface area contributed by atoms with Crippen molar-refractivity contribution < 1.29 is 19.8 Å². The second kappa shape index (κ2) is 5.88. The summed E-state index contributed by atoms with van der Waals surface area (Å²) in [5.41, 5.74) is -0.711. The lowest BCUT2D eigenvalue weighted by atomic mass is 9.42. The molecule has 0 bridgehead atoms. The van der Waals surface area contributed by atoms with Gasteiger partial charge in [-0.2, -0.15) is 0 Å². The van der Waals surface area contributed by atoms with Gasteiger partial charge in [0.1, 0.15) is 12.4 Å². The first-order chi connectivity index (χ1) is 12.2. The van der Waals surface area contributed by atoms with Crippen molar-refractivity contribution >= 4 is 11.6 Å². The van der Waals surface area contributed by atoms with E-state index in [9.17, 15) is 19.8 Å². The fourth-order valence-corrected chi connectivity index (χ4v) is 8.05. The van der Waals surface area contributed by atoms with Crippen LogP contribution in [0.5, 0.6) is 0 Å². The molecule has 4 nitrogen and oxygen atoms in total. The van der Waals surface area contributed by atoms with E-state index in [2.05, 4.69) is 13.8 Å². The lowest BCUT2D eigenvalue weighted by molar-refractivity contribution is -0.183. The molecule has 4 aliphatic rings. The van der Waals surface area contributed by atoms with E-state index >= 15 is 0 Å². The molecule has 4 aliphatic carbocycles. The first-order valence-electron chi connectivity index (χ1n) is 10.5. The van der Waals surface area contributed by atoms with Gasteiger partial charge in [-0.25, -0.2) is 0 Å². The molecule has 0 radical (unpaired) electrons. The molecule has 0 aromatic rings. The van der Waals surface area contributed by atoms with Gasteiger partial charge in [-0.1, -0.05) is 20.8 Å². The molecule has 4 rings (SSSR count). The Morgan fingerprint density at radius 1 is 1.15 bits per heavy atom. The third kappa shape index (κ3) is 2.21. The van der Waals surface area contributed by atoms with Crippen LogP contribution >= 0.6 is 0 Å². The Hall–Kier alpha value is -0.740. The second-order valence-corrected chi connectivity index (χ2v) is 10.5.